The summed E-state index contributed by atoms with van der Waals surface area (Å²) in [5.74, 6) is 0.138. The number of nitro benzene ring substituents is 1. The van der Waals surface area contributed by atoms with Crippen molar-refractivity contribution in [3.63, 3.8) is 0 Å². The summed E-state index contributed by atoms with van der Waals surface area (Å²) >= 11 is 5.93. The molecule has 23 heavy (non-hydrogen) atoms. The van der Waals surface area contributed by atoms with Gasteiger partial charge in [0.2, 0.25) is 10.0 Å². The molecule has 0 radical (unpaired) electrons. The highest BCUT2D eigenvalue weighted by Gasteiger charge is 2.28. The zero-order valence-corrected chi connectivity index (χ0v) is 15.1. The molecule has 0 aliphatic carbocycles. The van der Waals surface area contributed by atoms with Crippen LogP contribution < -0.4 is 10.0 Å². The fourth-order valence-electron chi connectivity index (χ4n) is 2.44. The van der Waals surface area contributed by atoms with Gasteiger partial charge in [-0.2, -0.15) is 0 Å². The second-order valence-electron chi connectivity index (χ2n) is 5.50. The Balaban J connectivity index is 0.00000264. The number of benzene rings is 1. The lowest BCUT2D eigenvalue weighted by molar-refractivity contribution is -0.385. The molecule has 1 aromatic rings. The Morgan fingerprint density at radius 2 is 2.09 bits per heavy atom. The molecule has 2 rings (SSSR count). The number of nitrogens with one attached hydrogen (secondary N) is 2. The quantitative estimate of drug-likeness (QED) is 0.613. The van der Waals surface area contributed by atoms with Crippen LogP contribution in [0.15, 0.2) is 17.0 Å². The van der Waals surface area contributed by atoms with Gasteiger partial charge in [-0.3, -0.25) is 10.1 Å². The number of piperidine rings is 1. The number of halogens is 2. The van der Waals surface area contributed by atoms with Crippen LogP contribution in [0.1, 0.15) is 18.9 Å². The molecule has 1 aromatic carbocycles. The van der Waals surface area contributed by atoms with E-state index in [-0.39, 0.29) is 45.5 Å². The van der Waals surface area contributed by atoms with Crippen LogP contribution in [0.4, 0.5) is 5.69 Å². The summed E-state index contributed by atoms with van der Waals surface area (Å²) in [6.07, 6.45) is 0.669. The third-order valence-electron chi connectivity index (χ3n) is 3.89. The Bertz CT molecular complexity index is 697. The molecular formula is C13H19Cl2N3O4S. The van der Waals surface area contributed by atoms with Gasteiger partial charge >= 0.3 is 0 Å². The molecule has 0 saturated carbocycles. The van der Waals surface area contributed by atoms with Crippen molar-refractivity contribution in [3.05, 3.63) is 32.8 Å². The molecule has 2 atom stereocenters. The average Bonchev–Trinajstić information content (AvgIpc) is 2.43. The molecule has 1 heterocycles. The van der Waals surface area contributed by atoms with Gasteiger partial charge in [-0.1, -0.05) is 18.5 Å². The van der Waals surface area contributed by atoms with Crippen molar-refractivity contribution in [3.8, 4) is 0 Å². The first-order valence-corrected chi connectivity index (χ1v) is 8.76. The van der Waals surface area contributed by atoms with Gasteiger partial charge in [-0.05, 0) is 38.4 Å². The Hall–Kier alpha value is -0.930. The maximum atomic E-state index is 12.5. The van der Waals surface area contributed by atoms with E-state index in [0.717, 1.165) is 19.2 Å². The number of hydrogen-bond acceptors (Lipinski definition) is 5. The van der Waals surface area contributed by atoms with Crippen molar-refractivity contribution in [1.82, 2.24) is 10.0 Å². The van der Waals surface area contributed by atoms with E-state index in [2.05, 4.69) is 10.0 Å². The number of hydrogen-bond donors (Lipinski definition) is 2. The summed E-state index contributed by atoms with van der Waals surface area (Å²) < 4.78 is 27.6. The van der Waals surface area contributed by atoms with Crippen molar-refractivity contribution in [1.29, 1.82) is 0 Å². The first-order valence-electron chi connectivity index (χ1n) is 6.90. The van der Waals surface area contributed by atoms with Crippen LogP contribution in [0.3, 0.4) is 0 Å². The van der Waals surface area contributed by atoms with E-state index in [1.54, 1.807) is 0 Å². The lowest BCUT2D eigenvalue weighted by Gasteiger charge is -2.29. The van der Waals surface area contributed by atoms with E-state index in [0.29, 0.717) is 6.42 Å². The second-order valence-corrected chi connectivity index (χ2v) is 7.63. The second kappa shape index (κ2) is 7.76. The number of nitrogens with zero attached hydrogens (tertiary/aromatic N) is 1. The average molecular weight is 384 g/mol. The highest BCUT2D eigenvalue weighted by molar-refractivity contribution is 7.89. The van der Waals surface area contributed by atoms with Gasteiger partial charge in [0, 0.05) is 17.7 Å². The lowest BCUT2D eigenvalue weighted by Crippen LogP contribution is -2.48. The molecule has 0 bridgehead atoms. The van der Waals surface area contributed by atoms with Crippen LogP contribution in [-0.4, -0.2) is 32.5 Å². The molecule has 0 aromatic heterocycles. The smallest absolute Gasteiger partial charge is 0.275 e. The molecule has 2 N–H and O–H groups in total. The molecular weight excluding hydrogens is 365 g/mol. The lowest BCUT2D eigenvalue weighted by atomic mass is 9.97. The van der Waals surface area contributed by atoms with Crippen LogP contribution in [0.5, 0.6) is 0 Å². The normalized spacial score (nSPS) is 21.5. The molecule has 130 valence electrons. The molecule has 7 nitrogen and oxygen atoms in total. The maximum absolute atomic E-state index is 12.5. The summed E-state index contributed by atoms with van der Waals surface area (Å²) in [7, 11) is -3.85. The standard InChI is InChI=1S/C13H18ClN3O4S.ClH/c1-8-7-15-4-3-12(8)16-22(20,21)10-5-11(14)9(2)13(6-10)17(18)19;/h5-6,8,12,15-16H,3-4,7H2,1-2H3;1H. The molecule has 1 aliphatic heterocycles. The van der Waals surface area contributed by atoms with Gasteiger partial charge in [0.15, 0.2) is 0 Å². The molecule has 1 fully saturated rings. The Morgan fingerprint density at radius 1 is 1.43 bits per heavy atom. The Morgan fingerprint density at radius 3 is 2.65 bits per heavy atom. The largest absolute Gasteiger partial charge is 0.316 e. The first kappa shape index (κ1) is 20.1. The van der Waals surface area contributed by atoms with Crippen molar-refractivity contribution in [2.75, 3.05) is 13.1 Å². The Kier molecular flexibility index (Phi) is 6.79. The monoisotopic (exact) mass is 383 g/mol. The number of rotatable bonds is 4. The number of sulfonamides is 1. The van der Waals surface area contributed by atoms with Gasteiger partial charge in [-0.15, -0.1) is 12.4 Å². The van der Waals surface area contributed by atoms with Gasteiger partial charge in [-0.25, -0.2) is 13.1 Å². The van der Waals surface area contributed by atoms with E-state index in [1.807, 2.05) is 6.92 Å². The first-order chi connectivity index (χ1) is 10.2. The van der Waals surface area contributed by atoms with Crippen LogP contribution >= 0.6 is 24.0 Å². The zero-order chi connectivity index (χ0) is 16.5. The van der Waals surface area contributed by atoms with Crippen molar-refractivity contribution < 1.29 is 13.3 Å². The summed E-state index contributed by atoms with van der Waals surface area (Å²) in [4.78, 5) is 10.2. The van der Waals surface area contributed by atoms with E-state index < -0.39 is 14.9 Å². The molecule has 10 heteroatoms. The minimum atomic E-state index is -3.85. The van der Waals surface area contributed by atoms with Crippen molar-refractivity contribution >= 4 is 39.7 Å². The fraction of sp³-hybridized carbons (Fsp3) is 0.538. The van der Waals surface area contributed by atoms with E-state index >= 15 is 0 Å². The molecule has 0 amide bonds. The highest BCUT2D eigenvalue weighted by atomic mass is 35.5. The van der Waals surface area contributed by atoms with Gasteiger partial charge < -0.3 is 5.32 Å². The number of nitro groups is 1. The predicted octanol–water partition coefficient (Wildman–Crippen LogP) is 2.25. The van der Waals surface area contributed by atoms with Crippen LogP contribution in [0.25, 0.3) is 0 Å². The summed E-state index contributed by atoms with van der Waals surface area (Å²) in [6, 6.07) is 2.10. The zero-order valence-electron chi connectivity index (χ0n) is 12.7. The van der Waals surface area contributed by atoms with Gasteiger partial charge in [0.05, 0.1) is 14.8 Å². The van der Waals surface area contributed by atoms with Crippen molar-refractivity contribution in [2.45, 2.75) is 31.2 Å². The van der Waals surface area contributed by atoms with E-state index in [1.165, 1.54) is 13.0 Å². The van der Waals surface area contributed by atoms with Crippen LogP contribution in [0.2, 0.25) is 5.02 Å². The van der Waals surface area contributed by atoms with E-state index in [4.69, 9.17) is 11.6 Å². The van der Waals surface area contributed by atoms with Gasteiger partial charge in [0.25, 0.3) is 5.69 Å². The highest BCUT2D eigenvalue weighted by Crippen LogP contribution is 2.30. The van der Waals surface area contributed by atoms with Crippen LogP contribution in [0, 0.1) is 23.0 Å². The minimum absolute atomic E-state index is 0. The minimum Gasteiger partial charge on any atom is -0.316 e. The summed E-state index contributed by atoms with van der Waals surface area (Å²) in [5, 5.41) is 14.3. The topological polar surface area (TPSA) is 101 Å². The van der Waals surface area contributed by atoms with Crippen LogP contribution in [-0.2, 0) is 10.0 Å². The third-order valence-corrected chi connectivity index (χ3v) is 5.75. The van der Waals surface area contributed by atoms with Gasteiger partial charge in [0.1, 0.15) is 0 Å². The summed E-state index contributed by atoms with van der Waals surface area (Å²) in [6.45, 7) is 4.89. The maximum Gasteiger partial charge on any atom is 0.275 e. The Labute approximate surface area is 146 Å². The summed E-state index contributed by atoms with van der Waals surface area (Å²) in [5.41, 5.74) is -0.0490. The van der Waals surface area contributed by atoms with Crippen molar-refractivity contribution in [2.24, 2.45) is 5.92 Å². The molecule has 2 unspecified atom stereocenters. The third kappa shape index (κ3) is 4.54. The molecule has 1 saturated heterocycles. The SMILES string of the molecule is Cc1c(Cl)cc(S(=O)(=O)NC2CCNCC2C)cc1[N+](=O)[O-].Cl. The fourth-order valence-corrected chi connectivity index (χ4v) is 4.15. The van der Waals surface area contributed by atoms with E-state index in [9.17, 15) is 18.5 Å². The molecule has 1 aliphatic rings. The molecule has 0 spiro atoms. The predicted molar refractivity (Wildman–Crippen MR) is 90.9 cm³/mol.